The molecule has 0 fully saturated rings. The summed E-state index contributed by atoms with van der Waals surface area (Å²) in [6, 6.07) is 4.63. The lowest BCUT2D eigenvalue weighted by atomic mass is 10.0. The SMILES string of the molecule is CC(C)CC(NC(=O)C1=NN(Cc2ccc(F)cc2)C(=O)CC1)C(=O)O. The van der Waals surface area contributed by atoms with Crippen LogP contribution in [0.5, 0.6) is 0 Å². The fourth-order valence-corrected chi connectivity index (χ4v) is 2.59. The zero-order chi connectivity index (χ0) is 19.3. The first-order valence-electron chi connectivity index (χ1n) is 8.42. The average Bonchev–Trinajstić information content (AvgIpc) is 2.57. The van der Waals surface area contributed by atoms with Crippen LogP contribution < -0.4 is 5.32 Å². The summed E-state index contributed by atoms with van der Waals surface area (Å²) < 4.78 is 13.0. The van der Waals surface area contributed by atoms with Crippen molar-refractivity contribution in [1.29, 1.82) is 0 Å². The Bertz CT molecular complexity index is 716. The lowest BCUT2D eigenvalue weighted by Gasteiger charge is -2.24. The molecule has 7 nitrogen and oxygen atoms in total. The number of halogens is 1. The van der Waals surface area contributed by atoms with Crippen molar-refractivity contribution in [3.05, 3.63) is 35.6 Å². The lowest BCUT2D eigenvalue weighted by molar-refractivity contribution is -0.141. The van der Waals surface area contributed by atoms with Gasteiger partial charge in [0.05, 0.1) is 6.54 Å². The van der Waals surface area contributed by atoms with E-state index in [0.717, 1.165) is 5.01 Å². The van der Waals surface area contributed by atoms with E-state index >= 15 is 0 Å². The summed E-state index contributed by atoms with van der Waals surface area (Å²) in [5.74, 6) is -2.23. The zero-order valence-corrected chi connectivity index (χ0v) is 14.7. The lowest BCUT2D eigenvalue weighted by Crippen LogP contribution is -2.46. The number of carboxylic acid groups (broad SMARTS) is 1. The van der Waals surface area contributed by atoms with E-state index in [4.69, 9.17) is 0 Å². The summed E-state index contributed by atoms with van der Waals surface area (Å²) in [5, 5.41) is 16.9. The van der Waals surface area contributed by atoms with Gasteiger partial charge in [-0.1, -0.05) is 26.0 Å². The van der Waals surface area contributed by atoms with E-state index in [1.54, 1.807) is 0 Å². The number of hydrogen-bond donors (Lipinski definition) is 2. The van der Waals surface area contributed by atoms with Gasteiger partial charge < -0.3 is 10.4 Å². The van der Waals surface area contributed by atoms with Gasteiger partial charge in [-0.15, -0.1) is 0 Å². The Labute approximate surface area is 150 Å². The number of carbonyl (C=O) groups excluding carboxylic acids is 2. The first kappa shape index (κ1) is 19.6. The van der Waals surface area contributed by atoms with Gasteiger partial charge in [0.2, 0.25) is 5.91 Å². The van der Waals surface area contributed by atoms with E-state index in [1.165, 1.54) is 24.3 Å². The average molecular weight is 363 g/mol. The van der Waals surface area contributed by atoms with E-state index in [1.807, 2.05) is 13.8 Å². The molecule has 0 aliphatic carbocycles. The Morgan fingerprint density at radius 2 is 1.92 bits per heavy atom. The van der Waals surface area contributed by atoms with E-state index < -0.39 is 17.9 Å². The number of benzene rings is 1. The number of hydrogen-bond acceptors (Lipinski definition) is 4. The second kappa shape index (κ2) is 8.55. The number of aliphatic carboxylic acids is 1. The maximum Gasteiger partial charge on any atom is 0.326 e. The first-order valence-corrected chi connectivity index (χ1v) is 8.42. The minimum absolute atomic E-state index is 0.0984. The number of nitrogens with one attached hydrogen (secondary N) is 1. The molecule has 0 spiro atoms. The third-order valence-corrected chi connectivity index (χ3v) is 3.92. The second-order valence-corrected chi connectivity index (χ2v) is 6.62. The zero-order valence-electron chi connectivity index (χ0n) is 14.7. The maximum absolute atomic E-state index is 13.0. The molecule has 2 amide bonds. The van der Waals surface area contributed by atoms with Gasteiger partial charge in [0, 0.05) is 12.8 Å². The Kier molecular flexibility index (Phi) is 6.43. The van der Waals surface area contributed by atoms with Crippen LogP contribution in [0, 0.1) is 11.7 Å². The summed E-state index contributed by atoms with van der Waals surface area (Å²) in [6.07, 6.45) is 0.556. The number of hydrazone groups is 1. The van der Waals surface area contributed by atoms with Gasteiger partial charge in [0.1, 0.15) is 17.6 Å². The highest BCUT2D eigenvalue weighted by molar-refractivity contribution is 6.39. The summed E-state index contributed by atoms with van der Waals surface area (Å²) in [4.78, 5) is 35.7. The third kappa shape index (κ3) is 5.37. The number of carboxylic acids is 1. The van der Waals surface area contributed by atoms with Crippen molar-refractivity contribution in [3.8, 4) is 0 Å². The van der Waals surface area contributed by atoms with Crippen molar-refractivity contribution >= 4 is 23.5 Å². The van der Waals surface area contributed by atoms with Gasteiger partial charge in [-0.05, 0) is 30.0 Å². The van der Waals surface area contributed by atoms with Crippen LogP contribution in [0.3, 0.4) is 0 Å². The van der Waals surface area contributed by atoms with Gasteiger partial charge >= 0.3 is 5.97 Å². The van der Waals surface area contributed by atoms with Crippen LogP contribution in [0.4, 0.5) is 4.39 Å². The molecule has 0 radical (unpaired) electrons. The van der Waals surface area contributed by atoms with Crippen LogP contribution in [-0.2, 0) is 20.9 Å². The summed E-state index contributed by atoms with van der Waals surface area (Å²) >= 11 is 0. The second-order valence-electron chi connectivity index (χ2n) is 6.62. The first-order chi connectivity index (χ1) is 12.3. The highest BCUT2D eigenvalue weighted by atomic mass is 19.1. The molecule has 1 aliphatic heterocycles. The van der Waals surface area contributed by atoms with Gasteiger partial charge in [0.25, 0.3) is 5.91 Å². The molecule has 2 rings (SSSR count). The van der Waals surface area contributed by atoms with Gasteiger partial charge in [-0.3, -0.25) is 9.59 Å². The molecule has 1 atom stereocenters. The molecule has 0 saturated carbocycles. The van der Waals surface area contributed by atoms with Crippen molar-refractivity contribution in [1.82, 2.24) is 10.3 Å². The predicted octanol–water partition coefficient (Wildman–Crippen LogP) is 1.92. The topological polar surface area (TPSA) is 99.1 Å². The molecular formula is C18H22FN3O4. The van der Waals surface area contributed by atoms with Crippen molar-refractivity contribution in [2.45, 2.75) is 45.7 Å². The molecule has 1 aromatic rings. The molecule has 8 heteroatoms. The van der Waals surface area contributed by atoms with E-state index in [-0.39, 0.29) is 42.7 Å². The van der Waals surface area contributed by atoms with E-state index in [9.17, 15) is 23.9 Å². The minimum atomic E-state index is -1.11. The fourth-order valence-electron chi connectivity index (χ4n) is 2.59. The number of nitrogens with zero attached hydrogens (tertiary/aromatic N) is 2. The van der Waals surface area contributed by atoms with Crippen LogP contribution in [0.2, 0.25) is 0 Å². The summed E-state index contributed by atoms with van der Waals surface area (Å²) in [5.41, 5.74) is 0.787. The minimum Gasteiger partial charge on any atom is -0.480 e. The van der Waals surface area contributed by atoms with Gasteiger partial charge in [-0.2, -0.15) is 5.10 Å². The highest BCUT2D eigenvalue weighted by Crippen LogP contribution is 2.15. The van der Waals surface area contributed by atoms with Crippen molar-refractivity contribution < 1.29 is 23.9 Å². The Hall–Kier alpha value is -2.77. The molecule has 140 valence electrons. The van der Waals surface area contributed by atoms with Gasteiger partial charge in [-0.25, -0.2) is 14.2 Å². The summed E-state index contributed by atoms with van der Waals surface area (Å²) in [7, 11) is 0. The fraction of sp³-hybridized carbons (Fsp3) is 0.444. The molecule has 1 unspecified atom stereocenters. The molecule has 26 heavy (non-hydrogen) atoms. The van der Waals surface area contributed by atoms with Crippen LogP contribution in [0.25, 0.3) is 0 Å². The largest absolute Gasteiger partial charge is 0.480 e. The third-order valence-electron chi connectivity index (χ3n) is 3.92. The monoisotopic (exact) mass is 363 g/mol. The predicted molar refractivity (Wildman–Crippen MR) is 92.6 cm³/mol. The summed E-state index contributed by atoms with van der Waals surface area (Å²) in [6.45, 7) is 3.84. The number of carbonyl (C=O) groups is 3. The van der Waals surface area contributed by atoms with E-state index in [2.05, 4.69) is 10.4 Å². The van der Waals surface area contributed by atoms with Gasteiger partial charge in [0.15, 0.2) is 0 Å². The van der Waals surface area contributed by atoms with Crippen LogP contribution in [-0.4, -0.2) is 39.7 Å². The number of amides is 2. The molecule has 0 aromatic heterocycles. The molecule has 0 saturated heterocycles. The molecule has 2 N–H and O–H groups in total. The van der Waals surface area contributed by atoms with Crippen LogP contribution >= 0.6 is 0 Å². The molecule has 0 bridgehead atoms. The normalized spacial score (nSPS) is 15.6. The molecule has 1 aliphatic rings. The van der Waals surface area contributed by atoms with Crippen LogP contribution in [0.15, 0.2) is 29.4 Å². The number of rotatable bonds is 7. The molecule has 1 aromatic carbocycles. The van der Waals surface area contributed by atoms with E-state index in [0.29, 0.717) is 12.0 Å². The molecule has 1 heterocycles. The molecular weight excluding hydrogens is 341 g/mol. The standard InChI is InChI=1S/C18H22FN3O4/c1-11(2)9-15(18(25)26)20-17(24)14-7-8-16(23)22(21-14)10-12-3-5-13(19)6-4-12/h3-6,11,15H,7-10H2,1-2H3,(H,20,24)(H,25,26). The Morgan fingerprint density at radius 1 is 1.27 bits per heavy atom. The Balaban J connectivity index is 2.09. The highest BCUT2D eigenvalue weighted by Gasteiger charge is 2.28. The van der Waals surface area contributed by atoms with Crippen LogP contribution in [0.1, 0.15) is 38.7 Å². The van der Waals surface area contributed by atoms with Crippen molar-refractivity contribution in [3.63, 3.8) is 0 Å². The smallest absolute Gasteiger partial charge is 0.326 e. The van der Waals surface area contributed by atoms with Crippen molar-refractivity contribution in [2.75, 3.05) is 0 Å². The Morgan fingerprint density at radius 3 is 2.50 bits per heavy atom. The maximum atomic E-state index is 13.0. The van der Waals surface area contributed by atoms with Crippen molar-refractivity contribution in [2.24, 2.45) is 11.0 Å². The quantitative estimate of drug-likeness (QED) is 0.773.